The Morgan fingerprint density at radius 2 is 0.390 bits per heavy atom. The Balaban J connectivity index is 0.000000173. The molecule has 5 heteroatoms. The van der Waals surface area contributed by atoms with E-state index in [0.717, 1.165) is 0 Å². The van der Waals surface area contributed by atoms with E-state index in [0.29, 0.717) is 0 Å². The first-order valence-electron chi connectivity index (χ1n) is 13.3. The zero-order chi connectivity index (χ0) is 28.5. The fourth-order valence-electron chi connectivity index (χ4n) is 4.63. The summed E-state index contributed by atoms with van der Waals surface area (Å²) in [6.45, 7) is 0. The van der Waals surface area contributed by atoms with Crippen LogP contribution in [0.3, 0.4) is 0 Å². The van der Waals surface area contributed by atoms with Gasteiger partial charge in [0.15, 0.2) is 0 Å². The number of hydrogen-bond donors (Lipinski definition) is 0. The second-order valence-corrected chi connectivity index (χ2v) is 23.4. The third-order valence-electron chi connectivity index (χ3n) is 6.37. The normalized spacial score (nSPS) is 9.66. The predicted octanol–water partition coefficient (Wildman–Crippen LogP) is 4.98. The number of nitrogens with zero attached hydrogens (tertiary/aromatic N) is 2. The van der Waals surface area contributed by atoms with Crippen LogP contribution in [-0.4, -0.2) is 39.5 Å². The molecule has 0 heterocycles. The van der Waals surface area contributed by atoms with Crippen molar-refractivity contribution in [2.75, 3.05) is 0 Å². The van der Waals surface area contributed by atoms with Crippen molar-refractivity contribution in [2.24, 2.45) is 0 Å². The monoisotopic (exact) mass is 762 g/mol. The molecule has 0 bridgehead atoms. The van der Waals surface area contributed by atoms with Gasteiger partial charge in [-0.2, -0.15) is 0 Å². The third-order valence-corrected chi connectivity index (χ3v) is 22.0. The summed E-state index contributed by atoms with van der Waals surface area (Å²) in [4.78, 5) is 0. The van der Waals surface area contributed by atoms with Crippen LogP contribution in [0, 0.1) is 0 Å². The van der Waals surface area contributed by atoms with Crippen LogP contribution >= 0.6 is 0 Å². The predicted molar refractivity (Wildman–Crippen MR) is 182 cm³/mol. The van der Waals surface area contributed by atoms with Gasteiger partial charge in [-0.3, -0.25) is 0 Å². The summed E-state index contributed by atoms with van der Waals surface area (Å²) >= 11 is -4.21. The standard InChI is InChI=1S/6C6H5.N2S.2Sn/c6*1-2-4-6-5-3-1;1-3-2;;/h6*1-5H;;;/q;;;;;;-2;2*+1. The quantitative estimate of drug-likeness (QED) is 0.216. The van der Waals surface area contributed by atoms with Gasteiger partial charge in [-0.05, 0) is 0 Å². The minimum absolute atomic E-state index is 0.250. The van der Waals surface area contributed by atoms with Crippen LogP contribution in [0.25, 0.3) is 9.56 Å². The second-order valence-electron chi connectivity index (χ2n) is 9.03. The van der Waals surface area contributed by atoms with Gasteiger partial charge in [0.2, 0.25) is 0 Å². The molecule has 0 radical (unpaired) electrons. The molecule has 6 rings (SSSR count). The Bertz CT molecular complexity index is 1270. The van der Waals surface area contributed by atoms with Gasteiger partial charge in [-0.1, -0.05) is 0 Å². The average Bonchev–Trinajstić information content (AvgIpc) is 3.05. The van der Waals surface area contributed by atoms with E-state index < -0.39 is 39.5 Å². The summed E-state index contributed by atoms with van der Waals surface area (Å²) in [6, 6.07) is 65.9. The molecule has 0 aliphatic rings. The molecule has 0 fully saturated rings. The summed E-state index contributed by atoms with van der Waals surface area (Å²) in [5.41, 5.74) is 0. The zero-order valence-electron chi connectivity index (χ0n) is 22.6. The van der Waals surface area contributed by atoms with Crippen molar-refractivity contribution in [1.29, 1.82) is 0 Å². The molecular formula is C36H30N2SSn2. The van der Waals surface area contributed by atoms with Gasteiger partial charge < -0.3 is 20.9 Å². The molecule has 0 atom stereocenters. The van der Waals surface area contributed by atoms with E-state index in [1.54, 1.807) is 0 Å². The first kappa shape index (κ1) is 30.7. The van der Waals surface area contributed by atoms with E-state index in [2.05, 4.69) is 182 Å². The van der Waals surface area contributed by atoms with Crippen molar-refractivity contribution in [2.45, 2.75) is 0 Å². The Hall–Kier alpha value is -3.26. The molecule has 0 aliphatic heterocycles. The SMILES string of the molecule is [N-]=S=[N-].c1cc[c]([Sn+]([c]2ccccc2)[c]2ccccc2)cc1.c1cc[c]([Sn+]([c]2ccccc2)[c]2ccccc2)cc1. The van der Waals surface area contributed by atoms with Crippen molar-refractivity contribution in [1.82, 2.24) is 0 Å². The fourth-order valence-corrected chi connectivity index (χ4v) is 19.3. The number of benzene rings is 6. The Kier molecular flexibility index (Phi) is 13.1. The van der Waals surface area contributed by atoms with E-state index in [9.17, 15) is 0 Å². The van der Waals surface area contributed by atoms with Crippen molar-refractivity contribution in [3.05, 3.63) is 192 Å². The molecule has 0 saturated heterocycles. The molecule has 2 nitrogen and oxygen atoms in total. The van der Waals surface area contributed by atoms with Crippen LogP contribution in [0.4, 0.5) is 0 Å². The Labute approximate surface area is 261 Å². The molecule has 0 unspecified atom stereocenters. The molecule has 6 aromatic rings. The van der Waals surface area contributed by atoms with Crippen LogP contribution < -0.4 is 21.5 Å². The van der Waals surface area contributed by atoms with Crippen LogP contribution in [0.15, 0.2) is 182 Å². The topological polar surface area (TPSA) is 44.6 Å². The molecule has 0 saturated carbocycles. The summed E-state index contributed by atoms with van der Waals surface area (Å²) < 4.78 is 23.3. The van der Waals surface area contributed by atoms with Crippen molar-refractivity contribution in [3.63, 3.8) is 0 Å². The average molecular weight is 760 g/mol. The number of rotatable bonds is 6. The molecule has 0 amide bonds. The second kappa shape index (κ2) is 17.5. The fraction of sp³-hybridized carbons (Fsp3) is 0. The Morgan fingerprint density at radius 3 is 0.512 bits per heavy atom. The van der Waals surface area contributed by atoms with Crippen LogP contribution in [0.5, 0.6) is 0 Å². The van der Waals surface area contributed by atoms with Crippen LogP contribution in [0.1, 0.15) is 0 Å². The molecule has 41 heavy (non-hydrogen) atoms. The molecule has 0 spiro atoms. The maximum atomic E-state index is 7.04. The first-order chi connectivity index (χ1) is 20.3. The van der Waals surface area contributed by atoms with Gasteiger partial charge in [0.1, 0.15) is 0 Å². The molecular weight excluding hydrogens is 730 g/mol. The van der Waals surface area contributed by atoms with Crippen molar-refractivity contribution < 1.29 is 0 Å². The Morgan fingerprint density at radius 1 is 0.268 bits per heavy atom. The van der Waals surface area contributed by atoms with E-state index in [-0.39, 0.29) is 11.4 Å². The summed E-state index contributed by atoms with van der Waals surface area (Å²) in [5.74, 6) is 0. The zero-order valence-corrected chi connectivity index (χ0v) is 29.1. The minimum atomic E-state index is -1.98. The molecule has 6 aromatic carbocycles. The molecule has 0 aromatic heterocycles. The van der Waals surface area contributed by atoms with Gasteiger partial charge in [0.05, 0.1) is 0 Å². The van der Waals surface area contributed by atoms with E-state index in [1.807, 2.05) is 0 Å². The number of hydrogen-bond acceptors (Lipinski definition) is 0. The van der Waals surface area contributed by atoms with E-state index in [4.69, 9.17) is 9.56 Å². The van der Waals surface area contributed by atoms with Gasteiger partial charge in [0, 0.05) is 0 Å². The van der Waals surface area contributed by atoms with Gasteiger partial charge in [-0.15, -0.1) is 0 Å². The van der Waals surface area contributed by atoms with Crippen LogP contribution in [0.2, 0.25) is 0 Å². The third kappa shape index (κ3) is 9.38. The first-order valence-corrected chi connectivity index (χ1v) is 22.6. The van der Waals surface area contributed by atoms with Crippen molar-refractivity contribution in [3.8, 4) is 0 Å². The maximum absolute atomic E-state index is 7.04. The van der Waals surface area contributed by atoms with Crippen LogP contribution in [-0.2, 0) is 11.4 Å². The van der Waals surface area contributed by atoms with Gasteiger partial charge in [-0.25, -0.2) is 0 Å². The van der Waals surface area contributed by atoms with Gasteiger partial charge >= 0.3 is 243 Å². The molecule has 198 valence electrons. The summed E-state index contributed by atoms with van der Waals surface area (Å²) in [5, 5.41) is 0. The molecule has 0 aliphatic carbocycles. The van der Waals surface area contributed by atoms with Gasteiger partial charge in [0.25, 0.3) is 0 Å². The van der Waals surface area contributed by atoms with E-state index >= 15 is 0 Å². The van der Waals surface area contributed by atoms with E-state index in [1.165, 1.54) is 21.5 Å². The summed E-state index contributed by atoms with van der Waals surface area (Å²) in [6.07, 6.45) is 0. The van der Waals surface area contributed by atoms with Crippen molar-refractivity contribution >= 4 is 72.4 Å². The molecule has 0 N–H and O–H groups in total. The summed E-state index contributed by atoms with van der Waals surface area (Å²) in [7, 11) is 0.